The van der Waals surface area contributed by atoms with Gasteiger partial charge in [0.1, 0.15) is 5.69 Å². The standard InChI is InChI=1S/C22H20N3S.C5H5.Fe/c1-16-11-13-19(14-12-16)26-22-10-6-9-20(22)17(2)25-15-21(23-24-25)18-7-4-3-5-8-18;1-2-4-5-3-1;/h3-15,17H,1-2H3;1-5H;/q2*-1;+2/t17-;;/m0../s1. The van der Waals surface area contributed by atoms with Crippen molar-refractivity contribution in [1.29, 1.82) is 0 Å². The Labute approximate surface area is 204 Å². The summed E-state index contributed by atoms with van der Waals surface area (Å²) >= 11 is 1.79. The van der Waals surface area contributed by atoms with Crippen molar-refractivity contribution in [1.82, 2.24) is 15.0 Å². The summed E-state index contributed by atoms with van der Waals surface area (Å²) in [5.41, 5.74) is 4.53. The summed E-state index contributed by atoms with van der Waals surface area (Å²) in [4.78, 5) is 2.51. The number of nitrogens with zero attached hydrogens (tertiary/aromatic N) is 3. The molecule has 0 spiro atoms. The zero-order valence-electron chi connectivity index (χ0n) is 18.1. The average molecular weight is 479 g/mol. The van der Waals surface area contributed by atoms with E-state index < -0.39 is 0 Å². The fraction of sp³-hybridized carbons (Fsp3) is 0.111. The molecule has 4 aromatic carbocycles. The van der Waals surface area contributed by atoms with Crippen LogP contribution in [0.1, 0.15) is 24.1 Å². The molecular weight excluding hydrogens is 454 g/mol. The Morgan fingerprint density at radius 3 is 2.25 bits per heavy atom. The predicted octanol–water partition coefficient (Wildman–Crippen LogP) is 7.14. The van der Waals surface area contributed by atoms with Gasteiger partial charge in [-0.3, -0.25) is 4.68 Å². The van der Waals surface area contributed by atoms with Crippen molar-refractivity contribution >= 4 is 11.8 Å². The summed E-state index contributed by atoms with van der Waals surface area (Å²) in [6.07, 6.45) is 2.02. The fourth-order valence-electron chi connectivity index (χ4n) is 3.26. The molecule has 0 aliphatic heterocycles. The zero-order valence-corrected chi connectivity index (χ0v) is 20.0. The van der Waals surface area contributed by atoms with Gasteiger partial charge in [0.15, 0.2) is 0 Å². The topological polar surface area (TPSA) is 30.7 Å². The molecule has 0 aliphatic carbocycles. The van der Waals surface area contributed by atoms with Crippen molar-refractivity contribution in [2.45, 2.75) is 29.7 Å². The van der Waals surface area contributed by atoms with Gasteiger partial charge in [-0.25, -0.2) is 18.2 Å². The number of rotatable bonds is 5. The number of benzene rings is 2. The molecule has 5 heteroatoms. The molecule has 1 aromatic heterocycles. The van der Waals surface area contributed by atoms with Crippen LogP contribution >= 0.6 is 11.8 Å². The molecule has 0 saturated heterocycles. The van der Waals surface area contributed by atoms with Gasteiger partial charge < -0.3 is 0 Å². The summed E-state index contributed by atoms with van der Waals surface area (Å²) in [7, 11) is 0. The Morgan fingerprint density at radius 1 is 0.875 bits per heavy atom. The Kier molecular flexibility index (Phi) is 8.69. The van der Waals surface area contributed by atoms with Gasteiger partial charge in [0.05, 0.1) is 6.20 Å². The third-order valence-electron chi connectivity index (χ3n) is 5.04. The summed E-state index contributed by atoms with van der Waals surface area (Å²) in [5.74, 6) is 0. The number of hydrogen-bond donors (Lipinski definition) is 0. The number of hydrogen-bond acceptors (Lipinski definition) is 3. The maximum atomic E-state index is 4.37. The van der Waals surface area contributed by atoms with Crippen molar-refractivity contribution in [3.63, 3.8) is 0 Å². The van der Waals surface area contributed by atoms with E-state index in [1.807, 2.05) is 59.4 Å². The molecule has 0 amide bonds. The van der Waals surface area contributed by atoms with Crippen LogP contribution in [0.2, 0.25) is 0 Å². The van der Waals surface area contributed by atoms with Crippen LogP contribution in [0, 0.1) is 6.92 Å². The van der Waals surface area contributed by atoms with Gasteiger partial charge in [-0.1, -0.05) is 60.2 Å². The van der Waals surface area contributed by atoms with Crippen molar-refractivity contribution in [2.24, 2.45) is 0 Å². The van der Waals surface area contributed by atoms with Crippen LogP contribution in [0.3, 0.4) is 0 Å². The quantitative estimate of drug-likeness (QED) is 0.198. The van der Waals surface area contributed by atoms with E-state index in [1.165, 1.54) is 20.9 Å². The SMILES string of the molecule is Cc1ccc(Sc2[cH-]ccc2[C@H](C)n2cc(-c3ccccc3)nn2)cc1.[Fe+2].c1cc[cH-]c1. The molecule has 0 bridgehead atoms. The minimum Gasteiger partial charge on any atom is -0.257 e. The van der Waals surface area contributed by atoms with Crippen molar-refractivity contribution in [3.05, 3.63) is 120 Å². The Balaban J connectivity index is 0.000000427. The van der Waals surface area contributed by atoms with Gasteiger partial charge in [-0.2, -0.15) is 35.9 Å². The molecule has 0 radical (unpaired) electrons. The zero-order chi connectivity index (χ0) is 21.5. The third kappa shape index (κ3) is 6.10. The summed E-state index contributed by atoms with van der Waals surface area (Å²) in [6.45, 7) is 4.28. The molecule has 1 atom stereocenters. The van der Waals surface area contributed by atoms with E-state index in [9.17, 15) is 0 Å². The van der Waals surface area contributed by atoms with E-state index in [2.05, 4.69) is 78.8 Å². The van der Waals surface area contributed by atoms with Crippen LogP contribution in [0.4, 0.5) is 0 Å². The van der Waals surface area contributed by atoms with Crippen LogP contribution < -0.4 is 0 Å². The number of aryl methyl sites for hydroxylation is 1. The molecule has 0 aliphatic rings. The molecule has 32 heavy (non-hydrogen) atoms. The van der Waals surface area contributed by atoms with Crippen LogP contribution in [0.25, 0.3) is 11.3 Å². The second-order valence-electron chi connectivity index (χ2n) is 7.35. The second-order valence-corrected chi connectivity index (χ2v) is 8.46. The molecule has 0 saturated carbocycles. The summed E-state index contributed by atoms with van der Waals surface area (Å²) in [5, 5.41) is 8.71. The fourth-order valence-corrected chi connectivity index (χ4v) is 4.29. The molecule has 5 aromatic rings. The largest absolute Gasteiger partial charge is 2.00 e. The van der Waals surface area contributed by atoms with E-state index in [-0.39, 0.29) is 23.1 Å². The first-order valence-corrected chi connectivity index (χ1v) is 11.2. The minimum atomic E-state index is 0. The van der Waals surface area contributed by atoms with Gasteiger partial charge in [-0.15, -0.1) is 21.8 Å². The minimum absolute atomic E-state index is 0. The van der Waals surface area contributed by atoms with Crippen LogP contribution in [-0.2, 0) is 17.1 Å². The maximum absolute atomic E-state index is 4.37. The van der Waals surface area contributed by atoms with Gasteiger partial charge in [0.25, 0.3) is 0 Å². The van der Waals surface area contributed by atoms with E-state index in [0.717, 1.165) is 11.3 Å². The third-order valence-corrected chi connectivity index (χ3v) is 6.14. The summed E-state index contributed by atoms with van der Waals surface area (Å²) in [6, 6.07) is 35.4. The smallest absolute Gasteiger partial charge is 0.257 e. The van der Waals surface area contributed by atoms with Crippen molar-refractivity contribution < 1.29 is 17.1 Å². The second kappa shape index (κ2) is 11.7. The Hall–Kier alpha value is -2.85. The average Bonchev–Trinajstić information content (AvgIpc) is 3.58. The van der Waals surface area contributed by atoms with Crippen LogP contribution in [0.5, 0.6) is 0 Å². The van der Waals surface area contributed by atoms with Crippen molar-refractivity contribution in [2.75, 3.05) is 0 Å². The Morgan fingerprint density at radius 2 is 1.59 bits per heavy atom. The van der Waals surface area contributed by atoms with Gasteiger partial charge in [0, 0.05) is 16.5 Å². The predicted molar refractivity (Wildman–Crippen MR) is 129 cm³/mol. The van der Waals surface area contributed by atoms with Crippen molar-refractivity contribution in [3.8, 4) is 11.3 Å². The van der Waals surface area contributed by atoms with Gasteiger partial charge >= 0.3 is 17.1 Å². The molecule has 3 nitrogen and oxygen atoms in total. The molecule has 0 unspecified atom stereocenters. The van der Waals surface area contributed by atoms with E-state index >= 15 is 0 Å². The first-order valence-electron chi connectivity index (χ1n) is 10.3. The van der Waals surface area contributed by atoms with E-state index in [0.29, 0.717) is 0 Å². The Bertz CT molecular complexity index is 1160. The van der Waals surface area contributed by atoms with Gasteiger partial charge in [0.2, 0.25) is 0 Å². The van der Waals surface area contributed by atoms with Gasteiger partial charge in [-0.05, 0) is 19.1 Å². The molecule has 0 fully saturated rings. The van der Waals surface area contributed by atoms with E-state index in [4.69, 9.17) is 0 Å². The summed E-state index contributed by atoms with van der Waals surface area (Å²) < 4.78 is 1.94. The molecular formula is C27H25FeN3S. The maximum Gasteiger partial charge on any atom is 2.00 e. The monoisotopic (exact) mass is 479 g/mol. The first-order chi connectivity index (χ1) is 15.2. The number of aromatic nitrogens is 3. The first kappa shape index (κ1) is 23.8. The van der Waals surface area contributed by atoms with Crippen LogP contribution in [0.15, 0.2) is 119 Å². The van der Waals surface area contributed by atoms with Crippen LogP contribution in [-0.4, -0.2) is 15.0 Å². The molecule has 1 heterocycles. The normalized spacial score (nSPS) is 11.2. The molecule has 162 valence electrons. The van der Waals surface area contributed by atoms with E-state index in [1.54, 1.807) is 11.8 Å². The molecule has 5 rings (SSSR count). The molecule has 0 N–H and O–H groups in total.